The fourth-order valence-electron chi connectivity index (χ4n) is 2.49. The molecule has 7 heteroatoms. The number of amides is 1. The maximum absolute atomic E-state index is 12.0. The van der Waals surface area contributed by atoms with Crippen molar-refractivity contribution in [3.8, 4) is 22.9 Å². The number of rotatable bonds is 8. The lowest BCUT2D eigenvalue weighted by Gasteiger charge is -2.08. The summed E-state index contributed by atoms with van der Waals surface area (Å²) in [6.07, 6.45) is 0. The summed E-state index contributed by atoms with van der Waals surface area (Å²) >= 11 is 5.88. The Morgan fingerprint density at radius 3 is 2.54 bits per heavy atom. The smallest absolute Gasteiger partial charge is 0.251 e. The van der Waals surface area contributed by atoms with E-state index in [2.05, 4.69) is 15.5 Å². The number of ether oxygens (including phenoxy) is 2. The van der Waals surface area contributed by atoms with Crippen LogP contribution in [-0.4, -0.2) is 35.9 Å². The SMILES string of the molecule is CCOc1ccc(-c2ccc(OCCNC(=O)c3cccc(Cl)c3)nn2)cc1. The molecule has 1 aromatic heterocycles. The number of aromatic nitrogens is 2. The van der Waals surface area contributed by atoms with Crippen molar-refractivity contribution in [2.24, 2.45) is 0 Å². The van der Waals surface area contributed by atoms with Crippen molar-refractivity contribution < 1.29 is 14.3 Å². The second-order valence-corrected chi connectivity index (χ2v) is 6.27. The van der Waals surface area contributed by atoms with E-state index in [-0.39, 0.29) is 12.5 Å². The summed E-state index contributed by atoms with van der Waals surface area (Å²) in [6.45, 7) is 3.20. The van der Waals surface area contributed by atoms with Gasteiger partial charge >= 0.3 is 0 Å². The lowest BCUT2D eigenvalue weighted by molar-refractivity contribution is 0.0946. The van der Waals surface area contributed by atoms with Crippen LogP contribution in [0.15, 0.2) is 60.7 Å². The Labute approximate surface area is 168 Å². The van der Waals surface area contributed by atoms with Gasteiger partial charge in [0.25, 0.3) is 5.91 Å². The van der Waals surface area contributed by atoms with E-state index in [4.69, 9.17) is 21.1 Å². The summed E-state index contributed by atoms with van der Waals surface area (Å²) < 4.78 is 11.0. The van der Waals surface area contributed by atoms with Crippen molar-refractivity contribution in [3.05, 3.63) is 71.2 Å². The molecule has 3 aromatic rings. The molecular weight excluding hydrogens is 378 g/mol. The molecule has 0 radical (unpaired) electrons. The van der Waals surface area contributed by atoms with E-state index in [1.54, 1.807) is 30.3 Å². The molecule has 6 nitrogen and oxygen atoms in total. The van der Waals surface area contributed by atoms with Gasteiger partial charge in [0.1, 0.15) is 12.4 Å². The topological polar surface area (TPSA) is 73.3 Å². The molecule has 0 saturated carbocycles. The summed E-state index contributed by atoms with van der Waals surface area (Å²) in [5, 5.41) is 11.5. The summed E-state index contributed by atoms with van der Waals surface area (Å²) in [5.74, 6) is 1.01. The van der Waals surface area contributed by atoms with Crippen LogP contribution in [0.2, 0.25) is 5.02 Å². The first-order valence-electron chi connectivity index (χ1n) is 8.89. The van der Waals surface area contributed by atoms with Gasteiger partial charge in [0.2, 0.25) is 5.88 Å². The van der Waals surface area contributed by atoms with E-state index < -0.39 is 0 Å². The normalized spacial score (nSPS) is 10.4. The van der Waals surface area contributed by atoms with Crippen molar-refractivity contribution in [3.63, 3.8) is 0 Å². The zero-order chi connectivity index (χ0) is 19.8. The molecule has 28 heavy (non-hydrogen) atoms. The summed E-state index contributed by atoms with van der Waals surface area (Å²) in [5.41, 5.74) is 2.19. The highest BCUT2D eigenvalue weighted by molar-refractivity contribution is 6.30. The molecule has 0 aliphatic heterocycles. The lowest BCUT2D eigenvalue weighted by Crippen LogP contribution is -2.28. The van der Waals surface area contributed by atoms with Crippen molar-refractivity contribution >= 4 is 17.5 Å². The standard InChI is InChI=1S/C21H20ClN3O3/c1-2-27-18-8-6-15(7-9-18)19-10-11-20(25-24-19)28-13-12-23-21(26)16-4-3-5-17(22)14-16/h3-11,14H,2,12-13H2,1H3,(H,23,26). The van der Waals surface area contributed by atoms with Crippen LogP contribution in [0.1, 0.15) is 17.3 Å². The number of halogens is 1. The lowest BCUT2D eigenvalue weighted by atomic mass is 10.1. The quantitative estimate of drug-likeness (QED) is 0.581. The number of carbonyl (C=O) groups excluding carboxylic acids is 1. The Balaban J connectivity index is 1.47. The van der Waals surface area contributed by atoms with Crippen LogP contribution in [0.5, 0.6) is 11.6 Å². The minimum atomic E-state index is -0.206. The van der Waals surface area contributed by atoms with Crippen molar-refractivity contribution in [2.75, 3.05) is 19.8 Å². The molecule has 0 spiro atoms. The van der Waals surface area contributed by atoms with Gasteiger partial charge in [-0.05, 0) is 55.5 Å². The fourth-order valence-corrected chi connectivity index (χ4v) is 2.68. The molecule has 0 bridgehead atoms. The second kappa shape index (κ2) is 9.71. The van der Waals surface area contributed by atoms with Gasteiger partial charge in [0.15, 0.2) is 0 Å². The van der Waals surface area contributed by atoms with Crippen molar-refractivity contribution in [2.45, 2.75) is 6.92 Å². The molecule has 0 unspecified atom stereocenters. The maximum Gasteiger partial charge on any atom is 0.251 e. The minimum absolute atomic E-state index is 0.206. The van der Waals surface area contributed by atoms with Crippen molar-refractivity contribution in [1.82, 2.24) is 15.5 Å². The number of hydrogen-bond acceptors (Lipinski definition) is 5. The Bertz CT molecular complexity index is 915. The molecule has 0 atom stereocenters. The van der Waals surface area contributed by atoms with Gasteiger partial charge in [-0.3, -0.25) is 4.79 Å². The van der Waals surface area contributed by atoms with E-state index in [9.17, 15) is 4.79 Å². The highest BCUT2D eigenvalue weighted by Crippen LogP contribution is 2.21. The van der Waals surface area contributed by atoms with E-state index in [1.165, 1.54) is 0 Å². The molecule has 0 saturated heterocycles. The first-order valence-corrected chi connectivity index (χ1v) is 9.27. The molecule has 0 aliphatic carbocycles. The van der Waals surface area contributed by atoms with Gasteiger partial charge in [-0.1, -0.05) is 17.7 Å². The summed E-state index contributed by atoms with van der Waals surface area (Å²) in [7, 11) is 0. The Morgan fingerprint density at radius 2 is 1.86 bits per heavy atom. The fraction of sp³-hybridized carbons (Fsp3) is 0.190. The third-order valence-electron chi connectivity index (χ3n) is 3.83. The van der Waals surface area contributed by atoms with Gasteiger partial charge in [-0.2, -0.15) is 0 Å². The second-order valence-electron chi connectivity index (χ2n) is 5.83. The Morgan fingerprint density at radius 1 is 1.04 bits per heavy atom. The Kier molecular flexibility index (Phi) is 6.81. The Hall–Kier alpha value is -3.12. The van der Waals surface area contributed by atoms with Gasteiger partial charge < -0.3 is 14.8 Å². The monoisotopic (exact) mass is 397 g/mol. The van der Waals surface area contributed by atoms with E-state index in [0.29, 0.717) is 29.6 Å². The average Bonchev–Trinajstić information content (AvgIpc) is 2.72. The van der Waals surface area contributed by atoms with Crippen LogP contribution in [0.25, 0.3) is 11.3 Å². The maximum atomic E-state index is 12.0. The number of carbonyl (C=O) groups is 1. The zero-order valence-electron chi connectivity index (χ0n) is 15.4. The third-order valence-corrected chi connectivity index (χ3v) is 4.06. The van der Waals surface area contributed by atoms with E-state index in [0.717, 1.165) is 17.0 Å². The zero-order valence-corrected chi connectivity index (χ0v) is 16.1. The van der Waals surface area contributed by atoms with Gasteiger partial charge in [0.05, 0.1) is 18.8 Å². The summed E-state index contributed by atoms with van der Waals surface area (Å²) in [6, 6.07) is 18.0. The molecule has 0 fully saturated rings. The molecule has 1 N–H and O–H groups in total. The number of nitrogens with zero attached hydrogens (tertiary/aromatic N) is 2. The van der Waals surface area contributed by atoms with Crippen LogP contribution in [0.4, 0.5) is 0 Å². The molecule has 1 heterocycles. The predicted molar refractivity (Wildman–Crippen MR) is 108 cm³/mol. The van der Waals surface area contributed by atoms with Crippen LogP contribution < -0.4 is 14.8 Å². The average molecular weight is 398 g/mol. The highest BCUT2D eigenvalue weighted by atomic mass is 35.5. The summed E-state index contributed by atoms with van der Waals surface area (Å²) in [4.78, 5) is 12.0. The largest absolute Gasteiger partial charge is 0.494 e. The van der Waals surface area contributed by atoms with Crippen LogP contribution >= 0.6 is 11.6 Å². The number of benzene rings is 2. The number of hydrogen-bond donors (Lipinski definition) is 1. The van der Waals surface area contributed by atoms with Gasteiger partial charge in [-0.15, -0.1) is 10.2 Å². The van der Waals surface area contributed by atoms with E-state index in [1.807, 2.05) is 37.3 Å². The predicted octanol–water partition coefficient (Wildman–Crippen LogP) is 4.00. The molecule has 0 aliphatic rings. The van der Waals surface area contributed by atoms with Crippen LogP contribution in [0.3, 0.4) is 0 Å². The van der Waals surface area contributed by atoms with Crippen LogP contribution in [0, 0.1) is 0 Å². The highest BCUT2D eigenvalue weighted by Gasteiger charge is 2.06. The van der Waals surface area contributed by atoms with Crippen LogP contribution in [-0.2, 0) is 0 Å². The molecule has 144 valence electrons. The van der Waals surface area contributed by atoms with E-state index >= 15 is 0 Å². The first kappa shape index (κ1) is 19.6. The van der Waals surface area contributed by atoms with Gasteiger partial charge in [-0.25, -0.2) is 0 Å². The molecule has 2 aromatic carbocycles. The van der Waals surface area contributed by atoms with Crippen molar-refractivity contribution in [1.29, 1.82) is 0 Å². The molecular formula is C21H20ClN3O3. The van der Waals surface area contributed by atoms with Gasteiger partial charge in [0, 0.05) is 22.2 Å². The number of nitrogens with one attached hydrogen (secondary N) is 1. The molecule has 3 rings (SSSR count). The third kappa shape index (κ3) is 5.44. The minimum Gasteiger partial charge on any atom is -0.494 e. The molecule has 1 amide bonds. The first-order chi connectivity index (χ1) is 13.7.